The number of carbonyl (C=O) groups is 2. The van der Waals surface area contributed by atoms with Gasteiger partial charge in [0.2, 0.25) is 0 Å². The molecule has 1 saturated carbocycles. The summed E-state index contributed by atoms with van der Waals surface area (Å²) >= 11 is 1.57. The van der Waals surface area contributed by atoms with Crippen LogP contribution in [-0.2, 0) is 21.3 Å². The van der Waals surface area contributed by atoms with Crippen LogP contribution in [0.4, 0.5) is 0 Å². The number of aromatic nitrogens is 1. The van der Waals surface area contributed by atoms with Gasteiger partial charge in [-0.15, -0.1) is 25.2 Å². The topological polar surface area (TPSA) is 156 Å². The van der Waals surface area contributed by atoms with Gasteiger partial charge in [-0.3, -0.25) is 4.98 Å². The number of piperidine rings is 2. The third-order valence-corrected chi connectivity index (χ3v) is 6.90. The normalized spacial score (nSPS) is 24.0. The van der Waals surface area contributed by atoms with Crippen LogP contribution in [0.1, 0.15) is 61.4 Å². The SMILES string of the molecule is C1C[N-]C2C(C1)CCC1CCC[N-]C12.CC(=O)[O-].O.O=C([N-]/N=C/c1ccsc1)c1ccncc1.[Ni+2]. The zero-order valence-corrected chi connectivity index (χ0v) is 22.1. The van der Waals surface area contributed by atoms with Gasteiger partial charge in [-0.05, 0) is 35.9 Å². The quantitative estimate of drug-likeness (QED) is 0.320. The van der Waals surface area contributed by atoms with E-state index < -0.39 is 5.97 Å². The van der Waals surface area contributed by atoms with Crippen LogP contribution in [-0.4, -0.2) is 53.7 Å². The Hall–Kier alpha value is -2.17. The second kappa shape index (κ2) is 17.3. The summed E-state index contributed by atoms with van der Waals surface area (Å²) in [5.74, 6) is 0.340. The number of carboxylic acids is 1. The summed E-state index contributed by atoms with van der Waals surface area (Å²) in [6.45, 7) is 3.19. The standard InChI is InChI=1S/C12H20N2.C11H9N3OS.C2H4O2.Ni.H2O/c1-3-9-5-6-10-4-2-8-14-12(10)11(9)13-7-1;15-11(10-1-4-12-5-2-10)14-13-7-9-3-6-16-8-9;1-2(3)4;;/h9-12H,1-8H2;1-8H,(H,14,15);1H3,(H,3,4);;1H2/q-2;;;+2;/p-2/b;13-7+;;;. The maximum Gasteiger partial charge on any atom is 2.00 e. The van der Waals surface area contributed by atoms with Gasteiger partial charge in [0, 0.05) is 35.7 Å². The Bertz CT molecular complexity index is 890. The van der Waals surface area contributed by atoms with E-state index in [1.807, 2.05) is 16.8 Å². The molecule has 11 heteroatoms. The molecule has 0 spiro atoms. The fourth-order valence-electron chi connectivity index (χ4n) is 4.71. The Labute approximate surface area is 226 Å². The predicted molar refractivity (Wildman–Crippen MR) is 137 cm³/mol. The molecule has 0 aromatic carbocycles. The van der Waals surface area contributed by atoms with Crippen LogP contribution in [0.3, 0.4) is 0 Å². The van der Waals surface area contributed by atoms with Gasteiger partial charge in [-0.2, -0.15) is 11.3 Å². The minimum atomic E-state index is -1.08. The van der Waals surface area contributed by atoms with Crippen molar-refractivity contribution in [2.75, 3.05) is 13.1 Å². The van der Waals surface area contributed by atoms with Gasteiger partial charge < -0.3 is 41.3 Å². The molecular weight excluding hydrogens is 525 g/mol. The number of rotatable bonds is 3. The first-order chi connectivity index (χ1) is 16.5. The molecule has 2 aromatic rings. The van der Waals surface area contributed by atoms with Crippen LogP contribution in [0, 0.1) is 11.8 Å². The van der Waals surface area contributed by atoms with Crippen molar-refractivity contribution in [3.05, 3.63) is 68.5 Å². The summed E-state index contributed by atoms with van der Waals surface area (Å²) in [4.78, 5) is 24.2. The summed E-state index contributed by atoms with van der Waals surface area (Å²) in [6.07, 6.45) is 13.0. The van der Waals surface area contributed by atoms with Crippen molar-refractivity contribution in [1.82, 2.24) is 4.98 Å². The Kier molecular flexibility index (Phi) is 15.3. The van der Waals surface area contributed by atoms with Crippen molar-refractivity contribution in [3.63, 3.8) is 0 Å². The van der Waals surface area contributed by atoms with Crippen molar-refractivity contribution in [3.8, 4) is 0 Å². The zero-order valence-electron chi connectivity index (χ0n) is 20.3. The Morgan fingerprint density at radius 2 is 1.61 bits per heavy atom. The molecule has 2 N–H and O–H groups in total. The molecule has 0 bridgehead atoms. The molecule has 0 radical (unpaired) electrons. The largest absolute Gasteiger partial charge is 2.00 e. The van der Waals surface area contributed by atoms with Crippen molar-refractivity contribution in [2.24, 2.45) is 16.9 Å². The fraction of sp³-hybridized carbons (Fsp3) is 0.520. The molecule has 4 unspecified atom stereocenters. The van der Waals surface area contributed by atoms with E-state index in [1.165, 1.54) is 38.5 Å². The van der Waals surface area contributed by atoms with E-state index in [9.17, 15) is 4.79 Å². The Morgan fingerprint density at radius 3 is 2.11 bits per heavy atom. The molecule has 3 fully saturated rings. The van der Waals surface area contributed by atoms with Crippen LogP contribution < -0.4 is 5.11 Å². The first-order valence-electron chi connectivity index (χ1n) is 11.8. The number of nitrogens with zero attached hydrogens (tertiary/aromatic N) is 5. The van der Waals surface area contributed by atoms with Gasteiger partial charge >= 0.3 is 16.5 Å². The van der Waals surface area contributed by atoms with Gasteiger partial charge in [0.25, 0.3) is 0 Å². The Morgan fingerprint density at radius 1 is 1.06 bits per heavy atom. The first-order valence-corrected chi connectivity index (χ1v) is 12.7. The predicted octanol–water partition coefficient (Wildman–Crippen LogP) is 3.70. The van der Waals surface area contributed by atoms with Gasteiger partial charge in [0.1, 0.15) is 0 Å². The van der Waals surface area contributed by atoms with Gasteiger partial charge in [-0.25, -0.2) is 0 Å². The van der Waals surface area contributed by atoms with Gasteiger partial charge in [0.15, 0.2) is 0 Å². The number of amides is 1. The molecule has 1 amide bonds. The number of carboxylic acid groups (broad SMARTS) is 1. The maximum absolute atomic E-state index is 11.5. The van der Waals surface area contributed by atoms with Crippen molar-refractivity contribution in [1.29, 1.82) is 0 Å². The van der Waals surface area contributed by atoms with E-state index in [0.29, 0.717) is 17.6 Å². The number of aliphatic carboxylic acids is 1. The van der Waals surface area contributed by atoms with Crippen LogP contribution in [0.5, 0.6) is 0 Å². The summed E-state index contributed by atoms with van der Waals surface area (Å²) in [7, 11) is 0. The fourth-order valence-corrected chi connectivity index (χ4v) is 5.32. The van der Waals surface area contributed by atoms with Crippen LogP contribution in [0.15, 0.2) is 46.5 Å². The summed E-state index contributed by atoms with van der Waals surface area (Å²) in [5.41, 5.74) is 5.00. The molecule has 4 atom stereocenters. The number of hydrogen-bond acceptors (Lipinski definition) is 6. The number of thiophene rings is 1. The van der Waals surface area contributed by atoms with E-state index in [1.54, 1.807) is 42.1 Å². The molecular formula is C25H33N5NiO4S-2. The summed E-state index contributed by atoms with van der Waals surface area (Å²) in [5, 5.41) is 26.2. The van der Waals surface area contributed by atoms with E-state index in [4.69, 9.17) is 20.5 Å². The maximum atomic E-state index is 11.5. The molecule has 1 aliphatic carbocycles. The number of carbonyl (C=O) groups excluding carboxylic acids is 2. The van der Waals surface area contributed by atoms with E-state index in [2.05, 4.69) is 15.5 Å². The van der Waals surface area contributed by atoms with Crippen molar-refractivity contribution < 1.29 is 36.7 Å². The number of pyridine rings is 1. The zero-order chi connectivity index (χ0) is 24.2. The van der Waals surface area contributed by atoms with Crippen LogP contribution >= 0.6 is 11.3 Å². The summed E-state index contributed by atoms with van der Waals surface area (Å²) in [6, 6.07) is 6.36. The average molecular weight is 558 g/mol. The van der Waals surface area contributed by atoms with Gasteiger partial charge in [0.05, 0.1) is 5.91 Å². The van der Waals surface area contributed by atoms with Gasteiger partial charge in [-0.1, -0.05) is 50.4 Å². The monoisotopic (exact) mass is 557 g/mol. The number of fused-ring (bicyclic) bond motifs is 3. The minimum absolute atomic E-state index is 0. The molecule has 2 aliphatic heterocycles. The molecule has 2 aromatic heterocycles. The third kappa shape index (κ3) is 10.4. The Balaban J connectivity index is 0.000000301. The van der Waals surface area contributed by atoms with E-state index in [-0.39, 0.29) is 27.9 Å². The van der Waals surface area contributed by atoms with Crippen molar-refractivity contribution in [2.45, 2.75) is 57.5 Å². The van der Waals surface area contributed by atoms with Crippen LogP contribution in [0.25, 0.3) is 16.1 Å². The minimum Gasteiger partial charge on any atom is -0.660 e. The molecule has 200 valence electrons. The van der Waals surface area contributed by atoms with Crippen LogP contribution in [0.2, 0.25) is 0 Å². The first kappa shape index (κ1) is 31.9. The van der Waals surface area contributed by atoms with E-state index >= 15 is 0 Å². The summed E-state index contributed by atoms with van der Waals surface area (Å²) < 4.78 is 0. The molecule has 5 rings (SSSR count). The smallest absolute Gasteiger partial charge is 0.660 e. The second-order valence-electron chi connectivity index (χ2n) is 8.61. The van der Waals surface area contributed by atoms with Crippen molar-refractivity contribution >= 4 is 29.4 Å². The molecule has 36 heavy (non-hydrogen) atoms. The number of hydrogen-bond donors (Lipinski definition) is 0. The molecule has 3 aliphatic rings. The van der Waals surface area contributed by atoms with E-state index in [0.717, 1.165) is 37.4 Å². The molecule has 2 saturated heterocycles. The average Bonchev–Trinajstić information content (AvgIpc) is 3.38. The molecule has 9 nitrogen and oxygen atoms in total. The third-order valence-electron chi connectivity index (χ3n) is 6.20. The molecule has 4 heterocycles. The second-order valence-corrected chi connectivity index (χ2v) is 9.39.